The summed E-state index contributed by atoms with van der Waals surface area (Å²) in [7, 11) is 0. The second-order valence-electron chi connectivity index (χ2n) is 8.23. The molecule has 1 N–H and O–H groups in total. The van der Waals surface area contributed by atoms with Gasteiger partial charge in [0.05, 0.1) is 23.9 Å². The van der Waals surface area contributed by atoms with Gasteiger partial charge >= 0.3 is 0 Å². The van der Waals surface area contributed by atoms with Crippen molar-refractivity contribution in [3.8, 4) is 5.75 Å². The van der Waals surface area contributed by atoms with Crippen LogP contribution in [0.25, 0.3) is 0 Å². The molecule has 0 radical (unpaired) electrons. The average Bonchev–Trinajstić information content (AvgIpc) is 3.24. The van der Waals surface area contributed by atoms with E-state index in [4.69, 9.17) is 17.0 Å². The summed E-state index contributed by atoms with van der Waals surface area (Å²) in [6.45, 7) is 11.6. The number of thiocarbonyl (C=S) groups is 1. The van der Waals surface area contributed by atoms with Crippen LogP contribution in [0.2, 0.25) is 0 Å². The molecule has 0 bridgehead atoms. The zero-order valence-corrected chi connectivity index (χ0v) is 19.6. The molecular weight excluding hydrogens is 404 g/mol. The van der Waals surface area contributed by atoms with Crippen molar-refractivity contribution in [2.45, 2.75) is 59.4 Å². The fraction of sp³-hybridized carbons (Fsp3) is 0.360. The summed E-state index contributed by atoms with van der Waals surface area (Å²) in [5.74, 6) is 0.860. The number of pyridine rings is 1. The third-order valence-corrected chi connectivity index (χ3v) is 6.15. The van der Waals surface area contributed by atoms with Gasteiger partial charge in [-0.15, -0.1) is 0 Å². The van der Waals surface area contributed by atoms with E-state index in [0.717, 1.165) is 23.7 Å². The molecule has 162 valence electrons. The summed E-state index contributed by atoms with van der Waals surface area (Å²) in [5.41, 5.74) is 5.82. The maximum atomic E-state index is 5.84. The number of benzene rings is 1. The second kappa shape index (κ2) is 8.71. The van der Waals surface area contributed by atoms with Crippen LogP contribution in [-0.2, 0) is 6.54 Å². The van der Waals surface area contributed by atoms with Crippen molar-refractivity contribution < 1.29 is 4.74 Å². The molecule has 0 amide bonds. The highest BCUT2D eigenvalue weighted by atomic mass is 32.1. The van der Waals surface area contributed by atoms with Gasteiger partial charge in [-0.05, 0) is 94.9 Å². The third kappa shape index (κ3) is 4.04. The van der Waals surface area contributed by atoms with Crippen molar-refractivity contribution in [1.82, 2.24) is 14.9 Å². The lowest BCUT2D eigenvalue weighted by Crippen LogP contribution is -2.29. The highest BCUT2D eigenvalue weighted by molar-refractivity contribution is 7.80. The normalized spacial score (nSPS) is 18.5. The maximum Gasteiger partial charge on any atom is 0.174 e. The summed E-state index contributed by atoms with van der Waals surface area (Å²) in [6.07, 6.45) is 1.98. The van der Waals surface area contributed by atoms with Gasteiger partial charge in [-0.3, -0.25) is 4.98 Å². The first kappa shape index (κ1) is 21.4. The molecule has 2 atom stereocenters. The SMILES string of the molecule is CCn1c(C)cc(C2C(c3ccccn3)NC(=S)N2c2ccc(OC(C)C)cc2)c1C. The van der Waals surface area contributed by atoms with Gasteiger partial charge in [-0.2, -0.15) is 0 Å². The molecule has 1 aliphatic heterocycles. The molecule has 0 aliphatic carbocycles. The first-order chi connectivity index (χ1) is 14.9. The molecule has 3 aromatic rings. The van der Waals surface area contributed by atoms with Gasteiger partial charge in [-0.1, -0.05) is 6.07 Å². The van der Waals surface area contributed by atoms with Gasteiger partial charge in [-0.25, -0.2) is 0 Å². The Hall–Kier alpha value is -2.86. The lowest BCUT2D eigenvalue weighted by atomic mass is 9.96. The fourth-order valence-electron chi connectivity index (χ4n) is 4.52. The summed E-state index contributed by atoms with van der Waals surface area (Å²) >= 11 is 5.84. The Balaban J connectivity index is 1.80. The van der Waals surface area contributed by atoms with E-state index in [9.17, 15) is 0 Å². The maximum absolute atomic E-state index is 5.84. The third-order valence-electron chi connectivity index (χ3n) is 5.83. The number of rotatable bonds is 6. The molecule has 2 unspecified atom stereocenters. The van der Waals surface area contributed by atoms with Crippen LogP contribution in [-0.4, -0.2) is 20.8 Å². The first-order valence-electron chi connectivity index (χ1n) is 10.8. The smallest absolute Gasteiger partial charge is 0.174 e. The molecule has 0 saturated carbocycles. The Labute approximate surface area is 190 Å². The Morgan fingerprint density at radius 1 is 1.13 bits per heavy atom. The van der Waals surface area contributed by atoms with E-state index in [1.807, 2.05) is 44.3 Å². The van der Waals surface area contributed by atoms with E-state index in [0.29, 0.717) is 5.11 Å². The van der Waals surface area contributed by atoms with Crippen molar-refractivity contribution >= 4 is 23.0 Å². The van der Waals surface area contributed by atoms with Crippen molar-refractivity contribution in [3.63, 3.8) is 0 Å². The van der Waals surface area contributed by atoms with E-state index < -0.39 is 0 Å². The highest BCUT2D eigenvalue weighted by Crippen LogP contribution is 2.43. The number of nitrogens with one attached hydrogen (secondary N) is 1. The van der Waals surface area contributed by atoms with Crippen LogP contribution in [0.3, 0.4) is 0 Å². The molecular formula is C25H30N4OS. The monoisotopic (exact) mass is 434 g/mol. The lowest BCUT2D eigenvalue weighted by molar-refractivity contribution is 0.242. The molecule has 1 aromatic carbocycles. The quantitative estimate of drug-likeness (QED) is 0.520. The molecule has 0 spiro atoms. The number of aromatic nitrogens is 2. The van der Waals surface area contributed by atoms with Crippen LogP contribution in [0.4, 0.5) is 5.69 Å². The standard InChI is InChI=1S/C25H30N4OS/c1-6-28-17(4)15-21(18(28)5)24-23(22-9-7-8-14-26-22)27-25(31)29(24)19-10-12-20(13-11-19)30-16(2)3/h7-16,23-24H,6H2,1-5H3,(H,27,31). The molecule has 1 fully saturated rings. The van der Waals surface area contributed by atoms with Crippen molar-refractivity contribution in [2.75, 3.05) is 4.90 Å². The molecule has 5 nitrogen and oxygen atoms in total. The molecule has 1 saturated heterocycles. The van der Waals surface area contributed by atoms with Crippen LogP contribution in [0.1, 0.15) is 55.5 Å². The predicted octanol–water partition coefficient (Wildman–Crippen LogP) is 5.48. The Morgan fingerprint density at radius 3 is 2.45 bits per heavy atom. The fourth-order valence-corrected chi connectivity index (χ4v) is 4.87. The summed E-state index contributed by atoms with van der Waals surface area (Å²) in [6, 6.07) is 16.5. The number of ether oxygens (including phenoxy) is 1. The average molecular weight is 435 g/mol. The summed E-state index contributed by atoms with van der Waals surface area (Å²) in [4.78, 5) is 6.87. The van der Waals surface area contributed by atoms with Crippen LogP contribution in [0, 0.1) is 13.8 Å². The van der Waals surface area contributed by atoms with Gasteiger partial charge < -0.3 is 19.5 Å². The van der Waals surface area contributed by atoms with Crippen LogP contribution in [0.5, 0.6) is 5.75 Å². The van der Waals surface area contributed by atoms with Crippen molar-refractivity contribution in [1.29, 1.82) is 0 Å². The molecule has 6 heteroatoms. The van der Waals surface area contributed by atoms with E-state index in [2.05, 4.69) is 64.8 Å². The Bertz CT molecular complexity index is 1060. The van der Waals surface area contributed by atoms with Gasteiger partial charge in [0, 0.05) is 29.8 Å². The van der Waals surface area contributed by atoms with E-state index in [1.54, 1.807) is 0 Å². The largest absolute Gasteiger partial charge is 0.491 e. The van der Waals surface area contributed by atoms with Crippen molar-refractivity contribution in [3.05, 3.63) is 77.4 Å². The highest BCUT2D eigenvalue weighted by Gasteiger charge is 2.42. The van der Waals surface area contributed by atoms with Crippen LogP contribution < -0.4 is 15.0 Å². The molecule has 3 heterocycles. The Morgan fingerprint density at radius 2 is 1.87 bits per heavy atom. The zero-order chi connectivity index (χ0) is 22.1. The van der Waals surface area contributed by atoms with Crippen LogP contribution >= 0.6 is 12.2 Å². The lowest BCUT2D eigenvalue weighted by Gasteiger charge is -2.28. The number of hydrogen-bond acceptors (Lipinski definition) is 3. The van der Waals surface area contributed by atoms with Gasteiger partial charge in [0.15, 0.2) is 5.11 Å². The zero-order valence-electron chi connectivity index (χ0n) is 18.8. The second-order valence-corrected chi connectivity index (χ2v) is 8.61. The van der Waals surface area contributed by atoms with E-state index in [-0.39, 0.29) is 18.2 Å². The summed E-state index contributed by atoms with van der Waals surface area (Å²) < 4.78 is 8.18. The molecule has 1 aliphatic rings. The first-order valence-corrected chi connectivity index (χ1v) is 11.3. The van der Waals surface area contributed by atoms with Gasteiger partial charge in [0.1, 0.15) is 5.75 Å². The van der Waals surface area contributed by atoms with E-state index in [1.165, 1.54) is 17.0 Å². The van der Waals surface area contributed by atoms with E-state index >= 15 is 0 Å². The van der Waals surface area contributed by atoms with Gasteiger partial charge in [0.25, 0.3) is 0 Å². The number of anilines is 1. The van der Waals surface area contributed by atoms with Crippen LogP contribution in [0.15, 0.2) is 54.7 Å². The summed E-state index contributed by atoms with van der Waals surface area (Å²) in [5, 5.41) is 4.25. The molecule has 4 rings (SSSR count). The van der Waals surface area contributed by atoms with Gasteiger partial charge in [0.2, 0.25) is 0 Å². The molecule has 2 aromatic heterocycles. The van der Waals surface area contributed by atoms with Crippen molar-refractivity contribution in [2.24, 2.45) is 0 Å². The molecule has 31 heavy (non-hydrogen) atoms. The minimum Gasteiger partial charge on any atom is -0.491 e. The number of nitrogens with zero attached hydrogens (tertiary/aromatic N) is 3. The topological polar surface area (TPSA) is 42.3 Å². The minimum atomic E-state index is -0.0360. The Kier molecular flexibility index (Phi) is 6.01. The number of aryl methyl sites for hydroxylation is 1. The minimum absolute atomic E-state index is 0.00534. The number of hydrogen-bond donors (Lipinski definition) is 1. The predicted molar refractivity (Wildman–Crippen MR) is 130 cm³/mol.